The van der Waals surface area contributed by atoms with Gasteiger partial charge in [-0.2, -0.15) is 0 Å². The van der Waals surface area contributed by atoms with Crippen LogP contribution in [0.4, 0.5) is 4.39 Å². The minimum absolute atomic E-state index is 0.193. The Morgan fingerprint density at radius 3 is 2.28 bits per heavy atom. The highest BCUT2D eigenvalue weighted by Gasteiger charge is 2.05. The van der Waals surface area contributed by atoms with Crippen molar-refractivity contribution in [2.45, 2.75) is 0 Å². The van der Waals surface area contributed by atoms with Crippen LogP contribution in [0.15, 0.2) is 54.6 Å². The Bertz CT molecular complexity index is 508. The van der Waals surface area contributed by atoms with Gasteiger partial charge in [-0.25, -0.2) is 9.18 Å². The second-order valence-corrected chi connectivity index (χ2v) is 3.53. The van der Waals surface area contributed by atoms with E-state index in [0.29, 0.717) is 5.75 Å². The van der Waals surface area contributed by atoms with Crippen molar-refractivity contribution in [3.05, 3.63) is 60.4 Å². The largest absolute Gasteiger partial charge is 0.482 e. The number of rotatable bonds is 4. The molecular formula is C14H11FO3. The summed E-state index contributed by atoms with van der Waals surface area (Å²) in [5.41, 5.74) is 0. The Morgan fingerprint density at radius 1 is 0.944 bits per heavy atom. The lowest BCUT2D eigenvalue weighted by Crippen LogP contribution is -2.17. The summed E-state index contributed by atoms with van der Waals surface area (Å²) in [6.45, 7) is -0.193. The second-order valence-electron chi connectivity index (χ2n) is 3.53. The molecule has 2 rings (SSSR count). The number of hydrogen-bond donors (Lipinski definition) is 0. The first-order chi connectivity index (χ1) is 8.74. The minimum atomic E-state index is -0.537. The molecule has 0 saturated carbocycles. The summed E-state index contributed by atoms with van der Waals surface area (Å²) in [7, 11) is 0. The highest BCUT2D eigenvalue weighted by Crippen LogP contribution is 2.12. The summed E-state index contributed by atoms with van der Waals surface area (Å²) in [4.78, 5) is 11.4. The fourth-order valence-corrected chi connectivity index (χ4v) is 1.32. The molecule has 0 N–H and O–H groups in total. The molecule has 0 atom stereocenters. The maximum absolute atomic E-state index is 12.6. The number of carbonyl (C=O) groups excluding carboxylic acids is 1. The molecule has 0 bridgehead atoms. The standard InChI is InChI=1S/C14H11FO3/c15-11-6-8-13(9-7-11)18-14(16)10-17-12-4-2-1-3-5-12/h1-9H,10H2. The molecule has 4 heteroatoms. The zero-order valence-corrected chi connectivity index (χ0v) is 9.51. The smallest absolute Gasteiger partial charge is 0.349 e. The van der Waals surface area contributed by atoms with Crippen LogP contribution in [0.25, 0.3) is 0 Å². The van der Waals surface area contributed by atoms with Crippen LogP contribution in [0.3, 0.4) is 0 Å². The zero-order valence-electron chi connectivity index (χ0n) is 9.51. The van der Waals surface area contributed by atoms with Crippen molar-refractivity contribution in [3.8, 4) is 11.5 Å². The van der Waals surface area contributed by atoms with Gasteiger partial charge in [0, 0.05) is 0 Å². The number of ether oxygens (including phenoxy) is 2. The van der Waals surface area contributed by atoms with Gasteiger partial charge in [0.1, 0.15) is 17.3 Å². The molecule has 0 radical (unpaired) electrons. The average molecular weight is 246 g/mol. The van der Waals surface area contributed by atoms with E-state index in [2.05, 4.69) is 0 Å². The molecule has 2 aromatic carbocycles. The van der Waals surface area contributed by atoms with Crippen molar-refractivity contribution in [2.75, 3.05) is 6.61 Å². The van der Waals surface area contributed by atoms with Crippen LogP contribution >= 0.6 is 0 Å². The first-order valence-electron chi connectivity index (χ1n) is 5.38. The van der Waals surface area contributed by atoms with Gasteiger partial charge in [0.25, 0.3) is 0 Å². The van der Waals surface area contributed by atoms with Crippen LogP contribution < -0.4 is 9.47 Å². The Balaban J connectivity index is 1.84. The van der Waals surface area contributed by atoms with Gasteiger partial charge in [-0.1, -0.05) is 18.2 Å². The van der Waals surface area contributed by atoms with E-state index in [9.17, 15) is 9.18 Å². The number of carbonyl (C=O) groups is 1. The molecule has 3 nitrogen and oxygen atoms in total. The molecule has 0 aliphatic rings. The molecular weight excluding hydrogens is 235 g/mol. The quantitative estimate of drug-likeness (QED) is 0.614. The molecule has 0 saturated heterocycles. The van der Waals surface area contributed by atoms with Gasteiger partial charge in [-0.15, -0.1) is 0 Å². The molecule has 18 heavy (non-hydrogen) atoms. The predicted octanol–water partition coefficient (Wildman–Crippen LogP) is 2.81. The number of benzene rings is 2. The van der Waals surface area contributed by atoms with Crippen LogP contribution in [0, 0.1) is 5.82 Å². The van der Waals surface area contributed by atoms with Crippen molar-refractivity contribution in [1.29, 1.82) is 0 Å². The fourth-order valence-electron chi connectivity index (χ4n) is 1.32. The van der Waals surface area contributed by atoms with Gasteiger partial charge in [0.2, 0.25) is 0 Å². The van der Waals surface area contributed by atoms with Gasteiger partial charge in [0.15, 0.2) is 6.61 Å². The lowest BCUT2D eigenvalue weighted by molar-refractivity contribution is -0.136. The lowest BCUT2D eigenvalue weighted by Gasteiger charge is -2.06. The maximum Gasteiger partial charge on any atom is 0.349 e. The third kappa shape index (κ3) is 3.59. The molecule has 0 aromatic heterocycles. The lowest BCUT2D eigenvalue weighted by atomic mass is 10.3. The zero-order chi connectivity index (χ0) is 12.8. The summed E-state index contributed by atoms with van der Waals surface area (Å²) >= 11 is 0. The fraction of sp³-hybridized carbons (Fsp3) is 0.0714. The highest BCUT2D eigenvalue weighted by atomic mass is 19.1. The van der Waals surface area contributed by atoms with E-state index in [1.165, 1.54) is 24.3 Å². The first-order valence-corrected chi connectivity index (χ1v) is 5.38. The third-order valence-corrected chi connectivity index (χ3v) is 2.15. The van der Waals surface area contributed by atoms with E-state index in [1.807, 2.05) is 6.07 Å². The highest BCUT2D eigenvalue weighted by molar-refractivity contribution is 5.73. The van der Waals surface area contributed by atoms with E-state index >= 15 is 0 Å². The van der Waals surface area contributed by atoms with Crippen LogP contribution in [0.2, 0.25) is 0 Å². The van der Waals surface area contributed by atoms with Crippen LogP contribution in [-0.2, 0) is 4.79 Å². The molecule has 0 aliphatic carbocycles. The molecule has 2 aromatic rings. The number of para-hydroxylation sites is 1. The van der Waals surface area contributed by atoms with E-state index in [4.69, 9.17) is 9.47 Å². The molecule has 0 fully saturated rings. The van der Waals surface area contributed by atoms with Crippen molar-refractivity contribution in [2.24, 2.45) is 0 Å². The van der Waals surface area contributed by atoms with Crippen molar-refractivity contribution in [3.63, 3.8) is 0 Å². The second kappa shape index (κ2) is 5.82. The van der Waals surface area contributed by atoms with Crippen molar-refractivity contribution < 1.29 is 18.7 Å². The number of hydrogen-bond acceptors (Lipinski definition) is 3. The van der Waals surface area contributed by atoms with Gasteiger partial charge < -0.3 is 9.47 Å². The molecule has 0 heterocycles. The summed E-state index contributed by atoms with van der Waals surface area (Å²) in [5.74, 6) is -0.0348. The average Bonchev–Trinajstić information content (AvgIpc) is 2.40. The van der Waals surface area contributed by atoms with Crippen LogP contribution in [0.1, 0.15) is 0 Å². The minimum Gasteiger partial charge on any atom is -0.482 e. The third-order valence-electron chi connectivity index (χ3n) is 2.15. The van der Waals surface area contributed by atoms with Gasteiger partial charge in [0.05, 0.1) is 0 Å². The normalized spacial score (nSPS) is 9.83. The maximum atomic E-state index is 12.6. The first kappa shape index (κ1) is 12.1. The number of halogens is 1. The molecule has 0 amide bonds. The van der Waals surface area contributed by atoms with Crippen molar-refractivity contribution >= 4 is 5.97 Å². The SMILES string of the molecule is O=C(COc1ccccc1)Oc1ccc(F)cc1. The van der Waals surface area contributed by atoms with E-state index in [0.717, 1.165) is 0 Å². The summed E-state index contributed by atoms with van der Waals surface area (Å²) in [6, 6.07) is 14.2. The molecule has 0 aliphatic heterocycles. The Kier molecular flexibility index (Phi) is 3.91. The Labute approximate surface area is 104 Å². The van der Waals surface area contributed by atoms with Gasteiger partial charge in [-0.05, 0) is 36.4 Å². The monoisotopic (exact) mass is 246 g/mol. The van der Waals surface area contributed by atoms with Crippen LogP contribution in [-0.4, -0.2) is 12.6 Å². The van der Waals surface area contributed by atoms with Crippen molar-refractivity contribution in [1.82, 2.24) is 0 Å². The van der Waals surface area contributed by atoms with E-state index in [1.54, 1.807) is 24.3 Å². The predicted molar refractivity (Wildman–Crippen MR) is 64.0 cm³/mol. The van der Waals surface area contributed by atoms with E-state index < -0.39 is 5.97 Å². The Morgan fingerprint density at radius 2 is 1.61 bits per heavy atom. The molecule has 0 spiro atoms. The molecule has 0 unspecified atom stereocenters. The molecule has 92 valence electrons. The van der Waals surface area contributed by atoms with Crippen LogP contribution in [0.5, 0.6) is 11.5 Å². The topological polar surface area (TPSA) is 35.5 Å². The Hall–Kier alpha value is -2.36. The van der Waals surface area contributed by atoms with E-state index in [-0.39, 0.29) is 18.2 Å². The van der Waals surface area contributed by atoms with Gasteiger partial charge >= 0.3 is 5.97 Å². The number of esters is 1. The van der Waals surface area contributed by atoms with Gasteiger partial charge in [-0.3, -0.25) is 0 Å². The summed E-state index contributed by atoms with van der Waals surface area (Å²) in [5, 5.41) is 0. The summed E-state index contributed by atoms with van der Waals surface area (Å²) < 4.78 is 22.8. The summed E-state index contributed by atoms with van der Waals surface area (Å²) in [6.07, 6.45) is 0.